The lowest BCUT2D eigenvalue weighted by atomic mass is 9.83. The van der Waals surface area contributed by atoms with E-state index in [1.54, 1.807) is 0 Å². The first-order chi connectivity index (χ1) is 8.75. The second-order valence-corrected chi connectivity index (χ2v) is 5.96. The molecule has 1 aliphatic carbocycles. The van der Waals surface area contributed by atoms with Crippen LogP contribution in [0.3, 0.4) is 0 Å². The van der Waals surface area contributed by atoms with Crippen LogP contribution >= 0.6 is 0 Å². The predicted molar refractivity (Wildman–Crippen MR) is 71.7 cm³/mol. The number of rotatable bonds is 3. The molecule has 3 rings (SSSR count). The van der Waals surface area contributed by atoms with Crippen LogP contribution in [0.25, 0.3) is 0 Å². The molecule has 1 aromatic rings. The van der Waals surface area contributed by atoms with Crippen molar-refractivity contribution in [3.63, 3.8) is 0 Å². The largest absolute Gasteiger partial charge is 0.316 e. The summed E-state index contributed by atoms with van der Waals surface area (Å²) in [6, 6.07) is 0. The zero-order chi connectivity index (χ0) is 12.6. The second-order valence-electron chi connectivity index (χ2n) is 5.96. The van der Waals surface area contributed by atoms with Gasteiger partial charge < -0.3 is 5.32 Å². The van der Waals surface area contributed by atoms with Crippen LogP contribution in [0.15, 0.2) is 0 Å². The number of hydrogen-bond donors (Lipinski definition) is 1. The molecule has 1 aliphatic heterocycles. The second kappa shape index (κ2) is 4.65. The Balaban J connectivity index is 1.91. The molecular formula is C14H24N4. The highest BCUT2D eigenvalue weighted by Gasteiger charge is 2.38. The van der Waals surface area contributed by atoms with Gasteiger partial charge in [0.1, 0.15) is 5.82 Å². The lowest BCUT2D eigenvalue weighted by Gasteiger charge is -2.24. The van der Waals surface area contributed by atoms with Gasteiger partial charge >= 0.3 is 0 Å². The molecule has 100 valence electrons. The Morgan fingerprint density at radius 1 is 1.39 bits per heavy atom. The molecule has 1 aromatic heterocycles. The van der Waals surface area contributed by atoms with E-state index in [4.69, 9.17) is 10.1 Å². The van der Waals surface area contributed by atoms with Crippen molar-refractivity contribution in [1.82, 2.24) is 20.1 Å². The highest BCUT2D eigenvalue weighted by Crippen LogP contribution is 2.36. The van der Waals surface area contributed by atoms with Crippen molar-refractivity contribution in [2.45, 2.75) is 56.8 Å². The van der Waals surface area contributed by atoms with Crippen LogP contribution in [-0.4, -0.2) is 27.9 Å². The minimum Gasteiger partial charge on any atom is -0.316 e. The minimum absolute atomic E-state index is 0.221. The smallest absolute Gasteiger partial charge is 0.154 e. The Bertz CT molecular complexity index is 411. The topological polar surface area (TPSA) is 42.7 Å². The lowest BCUT2D eigenvalue weighted by molar-refractivity contribution is 0.405. The molecule has 1 saturated heterocycles. The van der Waals surface area contributed by atoms with Gasteiger partial charge in [0, 0.05) is 24.9 Å². The highest BCUT2D eigenvalue weighted by atomic mass is 15.3. The number of hydrogen-bond acceptors (Lipinski definition) is 3. The number of aryl methyl sites for hydroxylation is 1. The summed E-state index contributed by atoms with van der Waals surface area (Å²) in [6.07, 6.45) is 7.59. The van der Waals surface area contributed by atoms with E-state index in [-0.39, 0.29) is 5.41 Å². The monoisotopic (exact) mass is 248 g/mol. The molecule has 4 nitrogen and oxygen atoms in total. The van der Waals surface area contributed by atoms with Crippen molar-refractivity contribution in [3.05, 3.63) is 11.6 Å². The van der Waals surface area contributed by atoms with E-state index in [0.29, 0.717) is 5.92 Å². The van der Waals surface area contributed by atoms with Gasteiger partial charge in [-0.05, 0) is 32.2 Å². The van der Waals surface area contributed by atoms with Gasteiger partial charge in [-0.2, -0.15) is 5.10 Å². The summed E-state index contributed by atoms with van der Waals surface area (Å²) < 4.78 is 2.05. The van der Waals surface area contributed by atoms with E-state index in [1.807, 2.05) is 4.68 Å². The van der Waals surface area contributed by atoms with Crippen molar-refractivity contribution >= 4 is 0 Å². The Kier molecular flexibility index (Phi) is 3.14. The van der Waals surface area contributed by atoms with Crippen molar-refractivity contribution < 1.29 is 0 Å². The first kappa shape index (κ1) is 12.2. The maximum atomic E-state index is 4.93. The summed E-state index contributed by atoms with van der Waals surface area (Å²) in [5.41, 5.74) is 0.221. The quantitative estimate of drug-likeness (QED) is 0.891. The SMILES string of the molecule is CCC1(c2nc(C3CCCC3)nn2C)CCNC1. The third-order valence-electron chi connectivity index (χ3n) is 4.89. The average Bonchev–Trinajstić information content (AvgIpc) is 3.09. The van der Waals surface area contributed by atoms with Crippen molar-refractivity contribution in [3.8, 4) is 0 Å². The maximum absolute atomic E-state index is 4.93. The minimum atomic E-state index is 0.221. The molecule has 1 N–H and O–H groups in total. The maximum Gasteiger partial charge on any atom is 0.154 e. The van der Waals surface area contributed by atoms with E-state index in [9.17, 15) is 0 Å². The zero-order valence-electron chi connectivity index (χ0n) is 11.6. The summed E-state index contributed by atoms with van der Waals surface area (Å²) in [4.78, 5) is 4.93. The molecule has 18 heavy (non-hydrogen) atoms. The Labute approximate surface area is 109 Å². The molecular weight excluding hydrogens is 224 g/mol. The molecule has 0 spiro atoms. The Morgan fingerprint density at radius 2 is 2.17 bits per heavy atom. The standard InChI is InChI=1S/C14H24N4/c1-3-14(8-9-15-10-14)13-16-12(17-18(13)2)11-6-4-5-7-11/h11,15H,3-10H2,1-2H3. The fraction of sp³-hybridized carbons (Fsp3) is 0.857. The van der Waals surface area contributed by atoms with E-state index in [1.165, 1.54) is 37.9 Å². The third-order valence-corrected chi connectivity index (χ3v) is 4.89. The summed E-state index contributed by atoms with van der Waals surface area (Å²) in [5, 5.41) is 8.20. The summed E-state index contributed by atoms with van der Waals surface area (Å²) in [6.45, 7) is 4.44. The van der Waals surface area contributed by atoms with Gasteiger partial charge in [-0.3, -0.25) is 4.68 Å². The van der Waals surface area contributed by atoms with Gasteiger partial charge in [-0.25, -0.2) is 4.98 Å². The van der Waals surface area contributed by atoms with Gasteiger partial charge in [-0.15, -0.1) is 0 Å². The Morgan fingerprint density at radius 3 is 2.78 bits per heavy atom. The molecule has 2 fully saturated rings. The highest BCUT2D eigenvalue weighted by molar-refractivity contribution is 5.15. The molecule has 0 amide bonds. The Hall–Kier alpha value is -0.900. The van der Waals surface area contributed by atoms with Gasteiger partial charge in [0.15, 0.2) is 5.82 Å². The molecule has 2 heterocycles. The van der Waals surface area contributed by atoms with Crippen LogP contribution < -0.4 is 5.32 Å². The van der Waals surface area contributed by atoms with Gasteiger partial charge in [-0.1, -0.05) is 19.8 Å². The average molecular weight is 248 g/mol. The number of nitrogens with zero attached hydrogens (tertiary/aromatic N) is 3. The molecule has 2 aliphatic rings. The normalized spacial score (nSPS) is 29.2. The number of aromatic nitrogens is 3. The molecule has 0 aromatic carbocycles. The summed E-state index contributed by atoms with van der Waals surface area (Å²) in [5.74, 6) is 2.93. The van der Waals surface area contributed by atoms with E-state index < -0.39 is 0 Å². The molecule has 4 heteroatoms. The van der Waals surface area contributed by atoms with Gasteiger partial charge in [0.25, 0.3) is 0 Å². The molecule has 1 saturated carbocycles. The van der Waals surface area contributed by atoms with Crippen LogP contribution in [0.5, 0.6) is 0 Å². The first-order valence-electron chi connectivity index (χ1n) is 7.37. The van der Waals surface area contributed by atoms with Crippen LogP contribution in [-0.2, 0) is 12.5 Å². The summed E-state index contributed by atoms with van der Waals surface area (Å²) in [7, 11) is 2.07. The molecule has 0 radical (unpaired) electrons. The van der Waals surface area contributed by atoms with Crippen molar-refractivity contribution in [2.24, 2.45) is 7.05 Å². The fourth-order valence-electron chi connectivity index (χ4n) is 3.62. The number of nitrogens with one attached hydrogen (secondary N) is 1. The van der Waals surface area contributed by atoms with Crippen LogP contribution in [0.4, 0.5) is 0 Å². The predicted octanol–water partition coefficient (Wildman–Crippen LogP) is 2.11. The summed E-state index contributed by atoms with van der Waals surface area (Å²) >= 11 is 0. The van der Waals surface area contributed by atoms with Crippen molar-refractivity contribution in [1.29, 1.82) is 0 Å². The van der Waals surface area contributed by atoms with Crippen LogP contribution in [0, 0.1) is 0 Å². The van der Waals surface area contributed by atoms with Crippen LogP contribution in [0.1, 0.15) is 63.0 Å². The van der Waals surface area contributed by atoms with E-state index in [2.05, 4.69) is 19.3 Å². The van der Waals surface area contributed by atoms with Gasteiger partial charge in [0.2, 0.25) is 0 Å². The lowest BCUT2D eigenvalue weighted by Crippen LogP contribution is -2.31. The third kappa shape index (κ3) is 1.87. The molecule has 0 bridgehead atoms. The van der Waals surface area contributed by atoms with Crippen molar-refractivity contribution in [2.75, 3.05) is 13.1 Å². The fourth-order valence-corrected chi connectivity index (χ4v) is 3.62. The molecule has 1 unspecified atom stereocenters. The van der Waals surface area contributed by atoms with E-state index in [0.717, 1.165) is 25.3 Å². The van der Waals surface area contributed by atoms with Gasteiger partial charge in [0.05, 0.1) is 0 Å². The van der Waals surface area contributed by atoms with Crippen LogP contribution in [0.2, 0.25) is 0 Å². The first-order valence-corrected chi connectivity index (χ1v) is 7.37. The molecule has 1 atom stereocenters. The van der Waals surface area contributed by atoms with E-state index >= 15 is 0 Å². The zero-order valence-corrected chi connectivity index (χ0v) is 11.6.